The molecule has 3 saturated heterocycles. The molecule has 3 aliphatic rings. The summed E-state index contributed by atoms with van der Waals surface area (Å²) in [6, 6.07) is 8.54. The number of benzene rings is 1. The molecule has 38 heavy (non-hydrogen) atoms. The Morgan fingerprint density at radius 2 is 1.87 bits per heavy atom. The van der Waals surface area contributed by atoms with Crippen LogP contribution in [0.3, 0.4) is 0 Å². The number of amides is 2. The molecule has 0 bridgehead atoms. The van der Waals surface area contributed by atoms with Gasteiger partial charge in [0.1, 0.15) is 0 Å². The first-order valence-corrected chi connectivity index (χ1v) is 15.5. The number of aromatic nitrogens is 1. The van der Waals surface area contributed by atoms with Crippen LogP contribution < -0.4 is 10.2 Å². The summed E-state index contributed by atoms with van der Waals surface area (Å²) in [5.41, 5.74) is 0.700. The summed E-state index contributed by atoms with van der Waals surface area (Å²) in [7, 11) is -3.52. The minimum Gasteiger partial charge on any atom is -0.355 e. The highest BCUT2D eigenvalue weighted by Gasteiger charge is 2.33. The first kappa shape index (κ1) is 26.9. The molecular formula is C27H34ClN5O4S. The number of sulfone groups is 1. The molecule has 204 valence electrons. The zero-order valence-electron chi connectivity index (χ0n) is 21.6. The molecule has 1 atom stereocenters. The molecule has 4 heterocycles. The van der Waals surface area contributed by atoms with Gasteiger partial charge in [-0.05, 0) is 62.4 Å². The van der Waals surface area contributed by atoms with Crippen molar-refractivity contribution < 1.29 is 18.0 Å². The Hall–Kier alpha value is -2.69. The first-order valence-electron chi connectivity index (χ1n) is 13.2. The van der Waals surface area contributed by atoms with Crippen LogP contribution in [0.15, 0.2) is 41.4 Å². The van der Waals surface area contributed by atoms with Gasteiger partial charge in [-0.25, -0.2) is 13.4 Å². The van der Waals surface area contributed by atoms with Crippen LogP contribution in [0.4, 0.5) is 11.5 Å². The number of nitrogens with zero attached hydrogens (tertiary/aromatic N) is 4. The molecule has 1 aromatic carbocycles. The van der Waals surface area contributed by atoms with Gasteiger partial charge in [0.2, 0.25) is 5.91 Å². The van der Waals surface area contributed by atoms with Crippen LogP contribution in [0.2, 0.25) is 5.02 Å². The zero-order chi connectivity index (χ0) is 26.9. The van der Waals surface area contributed by atoms with E-state index in [0.29, 0.717) is 53.6 Å². The molecule has 3 aliphatic heterocycles. The van der Waals surface area contributed by atoms with E-state index in [-0.39, 0.29) is 10.8 Å². The van der Waals surface area contributed by atoms with Gasteiger partial charge in [0.25, 0.3) is 5.91 Å². The maximum Gasteiger partial charge on any atom is 0.255 e. The van der Waals surface area contributed by atoms with E-state index < -0.39 is 15.7 Å². The van der Waals surface area contributed by atoms with E-state index in [1.807, 2.05) is 4.90 Å². The van der Waals surface area contributed by atoms with Crippen LogP contribution in [0.25, 0.3) is 0 Å². The predicted molar refractivity (Wildman–Crippen MR) is 147 cm³/mol. The van der Waals surface area contributed by atoms with Crippen molar-refractivity contribution in [3.63, 3.8) is 0 Å². The monoisotopic (exact) mass is 559 g/mol. The van der Waals surface area contributed by atoms with Crippen molar-refractivity contribution in [3.8, 4) is 0 Å². The van der Waals surface area contributed by atoms with Crippen molar-refractivity contribution in [3.05, 3.63) is 47.1 Å². The maximum absolute atomic E-state index is 13.0. The van der Waals surface area contributed by atoms with Crippen molar-refractivity contribution >= 4 is 44.8 Å². The number of fused-ring (bicyclic) bond motifs is 1. The van der Waals surface area contributed by atoms with Crippen LogP contribution in [0.1, 0.15) is 42.5 Å². The van der Waals surface area contributed by atoms with Gasteiger partial charge < -0.3 is 15.1 Å². The Morgan fingerprint density at radius 1 is 1.08 bits per heavy atom. The quantitative estimate of drug-likeness (QED) is 0.579. The smallest absolute Gasteiger partial charge is 0.255 e. The normalized spacial score (nSPS) is 20.8. The number of nitrogens with one attached hydrogen (secondary N) is 1. The number of piperidine rings is 1. The summed E-state index contributed by atoms with van der Waals surface area (Å²) >= 11 is 6.04. The van der Waals surface area contributed by atoms with Gasteiger partial charge in [-0.3, -0.25) is 14.5 Å². The number of carbonyl (C=O) groups excluding carboxylic acids is 2. The van der Waals surface area contributed by atoms with Gasteiger partial charge in [0.05, 0.1) is 10.6 Å². The van der Waals surface area contributed by atoms with Crippen molar-refractivity contribution in [2.75, 3.05) is 55.7 Å². The van der Waals surface area contributed by atoms with Gasteiger partial charge in [0, 0.05) is 68.2 Å². The lowest BCUT2D eigenvalue weighted by Gasteiger charge is -2.39. The summed E-state index contributed by atoms with van der Waals surface area (Å²) < 4.78 is 24.4. The largest absolute Gasteiger partial charge is 0.355 e. The van der Waals surface area contributed by atoms with Crippen molar-refractivity contribution in [1.82, 2.24) is 14.8 Å². The van der Waals surface area contributed by atoms with Crippen LogP contribution >= 0.6 is 11.6 Å². The summed E-state index contributed by atoms with van der Waals surface area (Å²) in [5, 5.41) is 3.27. The molecule has 3 fully saturated rings. The molecule has 0 saturated carbocycles. The van der Waals surface area contributed by atoms with Gasteiger partial charge >= 0.3 is 0 Å². The lowest BCUT2D eigenvalue weighted by Crippen LogP contribution is -2.52. The molecule has 0 spiro atoms. The first-order chi connectivity index (χ1) is 18.2. The molecule has 1 aromatic heterocycles. The molecule has 1 unspecified atom stereocenters. The van der Waals surface area contributed by atoms with Crippen molar-refractivity contribution in [1.29, 1.82) is 0 Å². The molecule has 0 radical (unpaired) electrons. The summed E-state index contributed by atoms with van der Waals surface area (Å²) in [6.07, 6.45) is 7.06. The average Bonchev–Trinajstić information content (AvgIpc) is 3.37. The highest BCUT2D eigenvalue weighted by atomic mass is 35.5. The molecular weight excluding hydrogens is 526 g/mol. The third kappa shape index (κ3) is 6.13. The van der Waals surface area contributed by atoms with E-state index in [9.17, 15) is 18.0 Å². The Balaban J connectivity index is 1.25. The maximum atomic E-state index is 13.0. The third-order valence-electron chi connectivity index (χ3n) is 7.92. The lowest BCUT2D eigenvalue weighted by atomic mass is 9.92. The predicted octanol–water partition coefficient (Wildman–Crippen LogP) is 3.30. The van der Waals surface area contributed by atoms with Crippen LogP contribution in [0, 0.1) is 5.92 Å². The zero-order valence-corrected chi connectivity index (χ0v) is 23.2. The second-order valence-electron chi connectivity index (χ2n) is 10.6. The van der Waals surface area contributed by atoms with E-state index in [4.69, 9.17) is 11.6 Å². The minimum absolute atomic E-state index is 0.0329. The van der Waals surface area contributed by atoms with E-state index in [2.05, 4.69) is 20.1 Å². The summed E-state index contributed by atoms with van der Waals surface area (Å²) in [4.78, 5) is 37.1. The number of rotatable bonds is 6. The Morgan fingerprint density at radius 3 is 2.61 bits per heavy atom. The van der Waals surface area contributed by atoms with E-state index >= 15 is 0 Å². The van der Waals surface area contributed by atoms with Gasteiger partial charge in [-0.15, -0.1) is 0 Å². The number of hydrogen-bond acceptors (Lipinski definition) is 7. The van der Waals surface area contributed by atoms with E-state index in [1.165, 1.54) is 25.1 Å². The Bertz CT molecular complexity index is 1310. The Kier molecular flexibility index (Phi) is 7.93. The van der Waals surface area contributed by atoms with Gasteiger partial charge in [-0.1, -0.05) is 17.7 Å². The molecule has 1 N–H and O–H groups in total. The SMILES string of the molecule is CS(=O)(=O)c1cnc(N2CCC(CC(=O)N3CCN4CCCC4C3)CC2)c(NC(=O)c2cccc(Cl)c2)c1. The number of anilines is 2. The van der Waals surface area contributed by atoms with Crippen molar-refractivity contribution in [2.45, 2.75) is 43.0 Å². The summed E-state index contributed by atoms with van der Waals surface area (Å²) in [5.74, 6) is 0.666. The van der Waals surface area contributed by atoms with E-state index in [0.717, 1.165) is 45.3 Å². The molecule has 2 amide bonds. The molecule has 9 nitrogen and oxygen atoms in total. The standard InChI is InChI=1S/C27H34ClN5O4S/c1-38(36,37)23-16-24(30-27(35)20-4-2-5-21(28)15-20)26(29-17-23)32-10-7-19(8-11-32)14-25(34)33-13-12-31-9-3-6-22(31)18-33/h2,4-5,15-17,19,22H,3,6-14,18H2,1H3,(H,30,35). The second-order valence-corrected chi connectivity index (χ2v) is 13.0. The minimum atomic E-state index is -3.52. The number of halogens is 1. The topological polar surface area (TPSA) is 103 Å². The Labute approximate surface area is 229 Å². The van der Waals surface area contributed by atoms with E-state index in [1.54, 1.807) is 24.3 Å². The fourth-order valence-corrected chi connectivity index (χ4v) is 6.52. The third-order valence-corrected chi connectivity index (χ3v) is 9.24. The fraction of sp³-hybridized carbons (Fsp3) is 0.519. The summed E-state index contributed by atoms with van der Waals surface area (Å²) in [6.45, 7) is 5.14. The van der Waals surface area contributed by atoms with Crippen LogP contribution in [0.5, 0.6) is 0 Å². The van der Waals surface area contributed by atoms with Crippen molar-refractivity contribution in [2.24, 2.45) is 5.92 Å². The molecule has 0 aliphatic carbocycles. The molecule has 11 heteroatoms. The highest BCUT2D eigenvalue weighted by Crippen LogP contribution is 2.32. The van der Waals surface area contributed by atoms with Crippen LogP contribution in [-0.2, 0) is 14.6 Å². The second kappa shape index (κ2) is 11.2. The number of hydrogen-bond donors (Lipinski definition) is 1. The average molecular weight is 560 g/mol. The molecule has 2 aromatic rings. The molecule has 5 rings (SSSR count). The fourth-order valence-electron chi connectivity index (χ4n) is 5.75. The van der Waals surface area contributed by atoms with Gasteiger partial charge in [0.15, 0.2) is 15.7 Å². The lowest BCUT2D eigenvalue weighted by molar-refractivity contribution is -0.135. The number of carbonyl (C=O) groups is 2. The number of piperazine rings is 1. The highest BCUT2D eigenvalue weighted by molar-refractivity contribution is 7.90. The number of pyridine rings is 1. The van der Waals surface area contributed by atoms with Crippen LogP contribution in [-0.4, -0.2) is 86.6 Å². The van der Waals surface area contributed by atoms with Gasteiger partial charge in [-0.2, -0.15) is 0 Å².